The van der Waals surface area contributed by atoms with Gasteiger partial charge in [-0.1, -0.05) is 84.4 Å². The summed E-state index contributed by atoms with van der Waals surface area (Å²) < 4.78 is 0. The Morgan fingerprint density at radius 2 is 1.74 bits per heavy atom. The second-order valence-electron chi connectivity index (χ2n) is 15.2. The fraction of sp³-hybridized carbons (Fsp3) is 0.538. The van der Waals surface area contributed by atoms with E-state index in [1.54, 1.807) is 36.8 Å². The minimum atomic E-state index is -1.34. The molecule has 294 valence electrons. The van der Waals surface area contributed by atoms with Gasteiger partial charge in [-0.05, 0) is 42.4 Å². The molecule has 0 aliphatic carbocycles. The molecule has 1 aliphatic rings. The summed E-state index contributed by atoms with van der Waals surface area (Å²) in [5, 5.41) is 28.4. The average Bonchev–Trinajstić information content (AvgIpc) is 3.72. The first kappa shape index (κ1) is 41.7. The molecule has 1 fully saturated rings. The molecule has 1 aliphatic heterocycles. The number of aliphatic hydroxyl groups is 1. The molecule has 0 unspecified atom stereocenters. The number of carboxylic acid groups (broad SMARTS) is 1. The maximum Gasteiger partial charge on any atom is 0.405 e. The van der Waals surface area contributed by atoms with E-state index in [-0.39, 0.29) is 37.4 Å². The van der Waals surface area contributed by atoms with Crippen LogP contribution in [0.4, 0.5) is 9.59 Å². The third-order valence-corrected chi connectivity index (χ3v) is 9.75. The van der Waals surface area contributed by atoms with Crippen LogP contribution in [0.1, 0.15) is 76.4 Å². The van der Waals surface area contributed by atoms with Gasteiger partial charge in [0.1, 0.15) is 17.9 Å². The number of aromatic nitrogens is 3. The van der Waals surface area contributed by atoms with Crippen molar-refractivity contribution in [3.8, 4) is 0 Å². The molecule has 54 heavy (non-hydrogen) atoms. The standard InChI is InChI=1S/C39H57N9O6/c1-8-25(3)33(48-19-18-46(38(48)54)22-28-17-13-14-26(4)41-28)35(50)43-30(20-27-15-11-10-12-16-27)31(49)24-47(23-29-21-40-32(9-2)42-29)45-36(51)34(39(5,6)7)44-37(52)53/h10-17,21,25,30-31,33-34,44,49H,8-9,18-20,22-24H2,1-7H3,(H,40,42)(H,43,50)(H,45,51)(H,52,53)/t25-,30-,31-,33-,34+/m0/s1. The van der Waals surface area contributed by atoms with Gasteiger partial charge < -0.3 is 35.6 Å². The highest BCUT2D eigenvalue weighted by atomic mass is 16.4. The summed E-state index contributed by atoms with van der Waals surface area (Å²) in [7, 11) is 0. The van der Waals surface area contributed by atoms with Gasteiger partial charge in [0.15, 0.2) is 0 Å². The largest absolute Gasteiger partial charge is 0.465 e. The zero-order valence-electron chi connectivity index (χ0n) is 32.5. The molecule has 4 rings (SSSR count). The van der Waals surface area contributed by atoms with Crippen LogP contribution < -0.4 is 16.1 Å². The number of nitrogens with one attached hydrogen (secondary N) is 4. The number of carbonyl (C=O) groups is 4. The monoisotopic (exact) mass is 747 g/mol. The second kappa shape index (κ2) is 18.8. The lowest BCUT2D eigenvalue weighted by Gasteiger charge is -2.36. The van der Waals surface area contributed by atoms with E-state index < -0.39 is 41.6 Å². The molecule has 5 amide bonds. The van der Waals surface area contributed by atoms with Crippen LogP contribution >= 0.6 is 0 Å². The lowest BCUT2D eigenvalue weighted by Crippen LogP contribution is -2.60. The number of rotatable bonds is 18. The lowest BCUT2D eigenvalue weighted by atomic mass is 9.86. The number of benzene rings is 1. The van der Waals surface area contributed by atoms with Crippen molar-refractivity contribution in [2.45, 2.75) is 105 Å². The van der Waals surface area contributed by atoms with Crippen LogP contribution in [-0.2, 0) is 35.5 Å². The number of imidazole rings is 1. The van der Waals surface area contributed by atoms with Gasteiger partial charge in [0.05, 0.1) is 36.6 Å². The molecular weight excluding hydrogens is 690 g/mol. The normalized spacial score (nSPS) is 16.1. The molecule has 0 radical (unpaired) electrons. The van der Waals surface area contributed by atoms with Crippen molar-refractivity contribution in [3.05, 3.63) is 83.2 Å². The van der Waals surface area contributed by atoms with E-state index in [0.29, 0.717) is 38.2 Å². The van der Waals surface area contributed by atoms with Crippen LogP contribution in [0, 0.1) is 18.3 Å². The minimum absolute atomic E-state index is 0.106. The van der Waals surface area contributed by atoms with E-state index in [1.165, 1.54) is 5.01 Å². The van der Waals surface area contributed by atoms with Crippen LogP contribution in [0.25, 0.3) is 0 Å². The highest BCUT2D eigenvalue weighted by Gasteiger charge is 2.41. The SMILES string of the molecule is CCc1ncc(CN(C[C@H](O)[C@H](Cc2ccccc2)NC(=O)[C@H]([C@@H](C)CC)N2CCN(Cc3cccc(C)n3)C2=O)NC(=O)[C@@H](NC(=O)O)C(C)(C)C)[nH]1. The first-order chi connectivity index (χ1) is 25.6. The Bertz CT molecular complexity index is 1710. The van der Waals surface area contributed by atoms with Gasteiger partial charge in [0, 0.05) is 37.9 Å². The minimum Gasteiger partial charge on any atom is -0.465 e. The number of carbonyl (C=O) groups excluding carboxylic acids is 3. The van der Waals surface area contributed by atoms with Crippen molar-refractivity contribution >= 4 is 23.9 Å². The van der Waals surface area contributed by atoms with Crippen LogP contribution in [0.15, 0.2) is 54.7 Å². The topological polar surface area (TPSA) is 196 Å². The van der Waals surface area contributed by atoms with Crippen LogP contribution in [0.2, 0.25) is 0 Å². The maximum atomic E-state index is 14.4. The van der Waals surface area contributed by atoms with Gasteiger partial charge in [-0.25, -0.2) is 19.6 Å². The molecule has 6 N–H and O–H groups in total. The Balaban J connectivity index is 1.60. The Morgan fingerprint density at radius 1 is 1.02 bits per heavy atom. The zero-order valence-corrected chi connectivity index (χ0v) is 32.5. The number of nitrogens with zero attached hydrogens (tertiary/aromatic N) is 5. The predicted octanol–water partition coefficient (Wildman–Crippen LogP) is 3.63. The highest BCUT2D eigenvalue weighted by molar-refractivity contribution is 5.88. The molecular formula is C39H57N9O6. The van der Waals surface area contributed by atoms with Crippen LogP contribution in [-0.4, -0.2) is 108 Å². The molecule has 2 aromatic heterocycles. The maximum absolute atomic E-state index is 14.4. The van der Waals surface area contributed by atoms with E-state index in [2.05, 4.69) is 31.0 Å². The molecule has 3 heterocycles. The number of hydrogen-bond donors (Lipinski definition) is 6. The van der Waals surface area contributed by atoms with Gasteiger partial charge in [0.2, 0.25) is 5.91 Å². The average molecular weight is 748 g/mol. The van der Waals surface area contributed by atoms with Crippen molar-refractivity contribution in [3.63, 3.8) is 0 Å². The number of amides is 5. The summed E-state index contributed by atoms with van der Waals surface area (Å²) in [5.74, 6) is -0.443. The number of aliphatic hydroxyl groups excluding tert-OH is 1. The van der Waals surface area contributed by atoms with E-state index in [9.17, 15) is 29.4 Å². The van der Waals surface area contributed by atoms with Crippen LogP contribution in [0.5, 0.6) is 0 Å². The Kier molecular flexibility index (Phi) is 14.6. The third kappa shape index (κ3) is 11.5. The van der Waals surface area contributed by atoms with Crippen molar-refractivity contribution in [1.82, 2.24) is 45.8 Å². The Morgan fingerprint density at radius 3 is 2.35 bits per heavy atom. The molecule has 1 saturated heterocycles. The fourth-order valence-electron chi connectivity index (χ4n) is 6.63. The number of pyridine rings is 1. The second-order valence-corrected chi connectivity index (χ2v) is 15.2. The van der Waals surface area contributed by atoms with Gasteiger partial charge >= 0.3 is 12.1 Å². The van der Waals surface area contributed by atoms with E-state index >= 15 is 0 Å². The number of urea groups is 1. The van der Waals surface area contributed by atoms with Crippen molar-refractivity contribution in [2.75, 3.05) is 19.6 Å². The molecule has 5 atom stereocenters. The first-order valence-electron chi connectivity index (χ1n) is 18.7. The fourth-order valence-corrected chi connectivity index (χ4v) is 6.63. The number of hydrazine groups is 1. The number of aromatic amines is 1. The van der Waals surface area contributed by atoms with Crippen molar-refractivity contribution < 1.29 is 29.4 Å². The van der Waals surface area contributed by atoms with Gasteiger partial charge in [0.25, 0.3) is 5.91 Å². The van der Waals surface area contributed by atoms with Gasteiger partial charge in [-0.3, -0.25) is 20.0 Å². The third-order valence-electron chi connectivity index (χ3n) is 9.75. The molecule has 3 aromatic rings. The van der Waals surface area contributed by atoms with Crippen LogP contribution in [0.3, 0.4) is 0 Å². The summed E-state index contributed by atoms with van der Waals surface area (Å²) in [6.45, 7) is 14.1. The summed E-state index contributed by atoms with van der Waals surface area (Å²) in [4.78, 5) is 68.9. The summed E-state index contributed by atoms with van der Waals surface area (Å²) >= 11 is 0. The molecule has 15 heteroatoms. The number of H-pyrrole nitrogens is 1. The Hall–Kier alpha value is -5.02. The molecule has 0 saturated carbocycles. The first-order valence-corrected chi connectivity index (χ1v) is 18.7. The predicted molar refractivity (Wildman–Crippen MR) is 204 cm³/mol. The summed E-state index contributed by atoms with van der Waals surface area (Å²) in [6, 6.07) is 12.1. The quantitative estimate of drug-likeness (QED) is 0.105. The van der Waals surface area contributed by atoms with Gasteiger partial charge in [-0.15, -0.1) is 0 Å². The Labute approximate surface area is 317 Å². The molecule has 0 bridgehead atoms. The van der Waals surface area contributed by atoms with E-state index in [1.807, 2.05) is 76.2 Å². The van der Waals surface area contributed by atoms with E-state index in [0.717, 1.165) is 22.8 Å². The zero-order chi connectivity index (χ0) is 39.6. The lowest BCUT2D eigenvalue weighted by molar-refractivity contribution is -0.132. The van der Waals surface area contributed by atoms with Gasteiger partial charge in [-0.2, -0.15) is 0 Å². The smallest absolute Gasteiger partial charge is 0.405 e. The number of hydrogen-bond acceptors (Lipinski definition) is 8. The van der Waals surface area contributed by atoms with Crippen molar-refractivity contribution in [1.29, 1.82) is 0 Å². The molecule has 1 aromatic carbocycles. The molecule has 15 nitrogen and oxygen atoms in total. The number of aryl methyl sites for hydroxylation is 2. The highest BCUT2D eigenvalue weighted by Crippen LogP contribution is 2.24. The molecule has 0 spiro atoms. The summed E-state index contributed by atoms with van der Waals surface area (Å²) in [6.07, 6.45) is 0.636. The van der Waals surface area contributed by atoms with Crippen molar-refractivity contribution in [2.24, 2.45) is 11.3 Å². The van der Waals surface area contributed by atoms with E-state index in [4.69, 9.17) is 0 Å². The summed E-state index contributed by atoms with van der Waals surface area (Å²) in [5.41, 5.74) is 5.20.